The number of aromatic nitrogens is 1. The Morgan fingerprint density at radius 1 is 1.24 bits per heavy atom. The highest BCUT2D eigenvalue weighted by atomic mass is 19.1. The topological polar surface area (TPSA) is 80.5 Å². The summed E-state index contributed by atoms with van der Waals surface area (Å²) in [6.07, 6.45) is 3.26. The molecule has 34 heavy (non-hydrogen) atoms. The van der Waals surface area contributed by atoms with Gasteiger partial charge in [-0.2, -0.15) is 0 Å². The van der Waals surface area contributed by atoms with Crippen LogP contribution in [0.4, 0.5) is 20.7 Å². The second kappa shape index (κ2) is 9.49. The molecule has 0 atom stereocenters. The minimum Gasteiger partial charge on any atom is -0.444 e. The molecule has 0 radical (unpaired) electrons. The summed E-state index contributed by atoms with van der Waals surface area (Å²) >= 11 is 0. The van der Waals surface area contributed by atoms with E-state index in [1.165, 1.54) is 6.07 Å². The molecule has 180 valence electrons. The number of hydrogen-bond donors (Lipinski definition) is 2. The Morgan fingerprint density at radius 3 is 2.65 bits per heavy atom. The van der Waals surface area contributed by atoms with Crippen LogP contribution in [0.15, 0.2) is 42.6 Å². The van der Waals surface area contributed by atoms with Crippen LogP contribution < -0.4 is 11.1 Å². The van der Waals surface area contributed by atoms with Crippen LogP contribution in [0.25, 0.3) is 21.9 Å². The van der Waals surface area contributed by atoms with E-state index in [2.05, 4.69) is 10.3 Å². The molecule has 1 saturated heterocycles. The summed E-state index contributed by atoms with van der Waals surface area (Å²) in [5.74, 6) is 0.603. The molecule has 2 aromatic carbocycles. The van der Waals surface area contributed by atoms with Crippen molar-refractivity contribution in [1.82, 2.24) is 9.88 Å². The summed E-state index contributed by atoms with van der Waals surface area (Å²) in [6, 6.07) is 10.9. The van der Waals surface area contributed by atoms with Crippen molar-refractivity contribution in [3.63, 3.8) is 0 Å². The number of nitrogen functional groups attached to an aromatic ring is 1. The van der Waals surface area contributed by atoms with E-state index >= 15 is 0 Å². The number of likely N-dealkylation sites (tertiary alicyclic amines) is 1. The summed E-state index contributed by atoms with van der Waals surface area (Å²) in [6.45, 7) is 9.65. The third-order valence-electron chi connectivity index (χ3n) is 6.21. The molecule has 3 aromatic rings. The van der Waals surface area contributed by atoms with Crippen LogP contribution in [0.2, 0.25) is 0 Å². The fourth-order valence-electron chi connectivity index (χ4n) is 4.46. The van der Waals surface area contributed by atoms with Crippen molar-refractivity contribution in [2.45, 2.75) is 46.1 Å². The van der Waals surface area contributed by atoms with Crippen molar-refractivity contribution in [3.8, 4) is 11.1 Å². The lowest BCUT2D eigenvalue weighted by Crippen LogP contribution is -2.42. The minimum atomic E-state index is -0.491. The first kappa shape index (κ1) is 23.8. The molecule has 2 heterocycles. The predicted octanol–water partition coefficient (Wildman–Crippen LogP) is 5.99. The van der Waals surface area contributed by atoms with E-state index in [0.29, 0.717) is 30.4 Å². The number of piperidine rings is 1. The Labute approximate surface area is 200 Å². The van der Waals surface area contributed by atoms with Crippen molar-refractivity contribution in [1.29, 1.82) is 0 Å². The van der Waals surface area contributed by atoms with E-state index in [-0.39, 0.29) is 11.9 Å². The average Bonchev–Trinajstić information content (AvgIpc) is 2.77. The number of nitrogens with zero attached hydrogens (tertiary/aromatic N) is 2. The quantitative estimate of drug-likeness (QED) is 0.496. The molecule has 0 spiro atoms. The van der Waals surface area contributed by atoms with Crippen molar-refractivity contribution >= 4 is 28.4 Å². The number of carbonyl (C=O) groups is 1. The summed E-state index contributed by atoms with van der Waals surface area (Å²) in [5.41, 5.74) is 8.65. The first-order valence-corrected chi connectivity index (χ1v) is 11.8. The van der Waals surface area contributed by atoms with Crippen LogP contribution in [-0.4, -0.2) is 41.2 Å². The van der Waals surface area contributed by atoms with E-state index < -0.39 is 5.60 Å². The van der Waals surface area contributed by atoms with Gasteiger partial charge in [0.2, 0.25) is 0 Å². The van der Waals surface area contributed by atoms with Gasteiger partial charge in [-0.3, -0.25) is 0 Å². The first-order valence-electron chi connectivity index (χ1n) is 11.8. The third-order valence-corrected chi connectivity index (χ3v) is 6.21. The van der Waals surface area contributed by atoms with E-state index in [9.17, 15) is 9.18 Å². The van der Waals surface area contributed by atoms with Gasteiger partial charge in [0.05, 0.1) is 0 Å². The van der Waals surface area contributed by atoms with Crippen LogP contribution >= 0.6 is 0 Å². The standard InChI is InChI=1S/C27H33FN4O2/c1-17-6-5-7-22(28)25(17)19-12-20-16-31-24(29)14-21(20)23(13-19)30-15-18-8-10-32(11-9-18)26(33)34-27(2,3)4/h5-7,12-14,16,18,30H,8-11,15H2,1-4H3,(H2,29,31). The van der Waals surface area contributed by atoms with Crippen molar-refractivity contribution < 1.29 is 13.9 Å². The minimum absolute atomic E-state index is 0.247. The average molecular weight is 465 g/mol. The predicted molar refractivity (Wildman–Crippen MR) is 135 cm³/mol. The summed E-state index contributed by atoms with van der Waals surface area (Å²) in [5, 5.41) is 5.43. The number of benzene rings is 2. The molecule has 0 bridgehead atoms. The number of rotatable bonds is 4. The Kier molecular flexibility index (Phi) is 6.64. The molecule has 0 saturated carbocycles. The molecular weight excluding hydrogens is 431 g/mol. The number of amides is 1. The van der Waals surface area contributed by atoms with E-state index in [1.807, 2.05) is 52.0 Å². The molecule has 1 amide bonds. The molecule has 0 aliphatic carbocycles. The fourth-order valence-corrected chi connectivity index (χ4v) is 4.46. The smallest absolute Gasteiger partial charge is 0.410 e. The molecule has 1 fully saturated rings. The van der Waals surface area contributed by atoms with Gasteiger partial charge < -0.3 is 20.7 Å². The Bertz CT molecular complexity index is 1180. The number of halogens is 1. The van der Waals surface area contributed by atoms with Crippen LogP contribution in [-0.2, 0) is 4.74 Å². The van der Waals surface area contributed by atoms with E-state index in [1.54, 1.807) is 17.2 Å². The Balaban J connectivity index is 1.52. The highest BCUT2D eigenvalue weighted by Gasteiger charge is 2.27. The van der Waals surface area contributed by atoms with Gasteiger partial charge in [-0.15, -0.1) is 0 Å². The number of pyridine rings is 1. The number of hydrogen-bond acceptors (Lipinski definition) is 5. The maximum atomic E-state index is 14.7. The highest BCUT2D eigenvalue weighted by molar-refractivity contribution is 5.98. The van der Waals surface area contributed by atoms with Crippen LogP contribution in [0.1, 0.15) is 39.2 Å². The molecule has 3 N–H and O–H groups in total. The number of carbonyl (C=O) groups excluding carboxylic acids is 1. The second-order valence-corrected chi connectivity index (χ2v) is 10.1. The van der Waals surface area contributed by atoms with Crippen LogP contribution in [0.3, 0.4) is 0 Å². The number of ether oxygens (including phenoxy) is 1. The molecule has 7 heteroatoms. The van der Waals surface area contributed by atoms with Gasteiger partial charge in [-0.25, -0.2) is 14.2 Å². The summed E-state index contributed by atoms with van der Waals surface area (Å²) in [7, 11) is 0. The molecule has 1 aliphatic heterocycles. The zero-order valence-electron chi connectivity index (χ0n) is 20.3. The van der Waals surface area contributed by atoms with Crippen LogP contribution in [0.5, 0.6) is 0 Å². The number of nitrogens with one attached hydrogen (secondary N) is 1. The van der Waals surface area contributed by atoms with Gasteiger partial charge in [-0.1, -0.05) is 12.1 Å². The number of aryl methyl sites for hydroxylation is 1. The molecule has 6 nitrogen and oxygen atoms in total. The van der Waals surface area contributed by atoms with Gasteiger partial charge in [0.25, 0.3) is 0 Å². The lowest BCUT2D eigenvalue weighted by atomic mass is 9.95. The molecule has 1 aromatic heterocycles. The number of anilines is 2. The van der Waals surface area contributed by atoms with Gasteiger partial charge in [0.1, 0.15) is 17.2 Å². The lowest BCUT2D eigenvalue weighted by Gasteiger charge is -2.33. The van der Waals surface area contributed by atoms with E-state index in [0.717, 1.165) is 47.0 Å². The zero-order valence-corrected chi connectivity index (χ0v) is 20.3. The van der Waals surface area contributed by atoms with E-state index in [4.69, 9.17) is 10.5 Å². The van der Waals surface area contributed by atoms with Gasteiger partial charge in [0, 0.05) is 47.9 Å². The summed E-state index contributed by atoms with van der Waals surface area (Å²) in [4.78, 5) is 18.4. The second-order valence-electron chi connectivity index (χ2n) is 10.1. The monoisotopic (exact) mass is 464 g/mol. The first-order chi connectivity index (χ1) is 16.1. The molecule has 4 rings (SSSR count). The maximum Gasteiger partial charge on any atom is 0.410 e. The molecule has 1 aliphatic rings. The number of nitrogens with two attached hydrogens (primary N) is 1. The SMILES string of the molecule is Cc1cccc(F)c1-c1cc(NCC2CCN(C(=O)OC(C)(C)C)CC2)c2cc(N)ncc2c1. The zero-order chi connectivity index (χ0) is 24.5. The highest BCUT2D eigenvalue weighted by Crippen LogP contribution is 2.35. The van der Waals surface area contributed by atoms with Crippen molar-refractivity contribution in [2.24, 2.45) is 5.92 Å². The normalized spacial score (nSPS) is 14.9. The lowest BCUT2D eigenvalue weighted by molar-refractivity contribution is 0.0188. The van der Waals surface area contributed by atoms with Crippen molar-refractivity contribution in [2.75, 3.05) is 30.7 Å². The fraction of sp³-hybridized carbons (Fsp3) is 0.407. The van der Waals surface area contributed by atoms with Gasteiger partial charge in [0.15, 0.2) is 0 Å². The largest absolute Gasteiger partial charge is 0.444 e. The van der Waals surface area contributed by atoms with Crippen molar-refractivity contribution in [3.05, 3.63) is 54.0 Å². The third kappa shape index (κ3) is 5.41. The molecular formula is C27H33FN4O2. The summed E-state index contributed by atoms with van der Waals surface area (Å²) < 4.78 is 20.2. The Morgan fingerprint density at radius 2 is 1.97 bits per heavy atom. The number of fused-ring (bicyclic) bond motifs is 1. The van der Waals surface area contributed by atoms with Gasteiger partial charge in [-0.05, 0) is 81.8 Å². The maximum absolute atomic E-state index is 14.7. The van der Waals surface area contributed by atoms with Crippen LogP contribution in [0, 0.1) is 18.7 Å². The Hall–Kier alpha value is -3.35. The van der Waals surface area contributed by atoms with Gasteiger partial charge >= 0.3 is 6.09 Å². The molecule has 0 unspecified atom stereocenters.